The first kappa shape index (κ1) is 13.8. The Hall–Kier alpha value is -1.58. The van der Waals surface area contributed by atoms with Gasteiger partial charge in [-0.3, -0.25) is 0 Å². The molecule has 2 N–H and O–H groups in total. The number of hydrogen-bond donors (Lipinski definition) is 2. The summed E-state index contributed by atoms with van der Waals surface area (Å²) in [6.07, 6.45) is -0.499. The molecule has 2 aromatic carbocycles. The molecule has 19 heavy (non-hydrogen) atoms. The molecular weight excluding hydrogens is 240 g/mol. The molecule has 3 heteroatoms. The van der Waals surface area contributed by atoms with Crippen LogP contribution in [0.3, 0.4) is 0 Å². The second kappa shape index (κ2) is 6.55. The lowest BCUT2D eigenvalue weighted by Gasteiger charge is -2.15. The van der Waals surface area contributed by atoms with Gasteiger partial charge in [0.2, 0.25) is 0 Å². The monoisotopic (exact) mass is 261 g/mol. The zero-order valence-electron chi connectivity index (χ0n) is 11.5. The van der Waals surface area contributed by atoms with Gasteiger partial charge in [-0.05, 0) is 11.5 Å². The maximum absolute atomic E-state index is 9.84. The summed E-state index contributed by atoms with van der Waals surface area (Å²) in [5, 5.41) is 15.3. The Labute approximate surface area is 114 Å². The summed E-state index contributed by atoms with van der Waals surface area (Å²) in [6.45, 7) is 4.95. The molecule has 0 saturated heterocycles. The third kappa shape index (κ3) is 3.94. The summed E-state index contributed by atoms with van der Waals surface area (Å²) in [4.78, 5) is 0. The van der Waals surface area contributed by atoms with Crippen LogP contribution in [-0.2, 0) is 0 Å². The largest absolute Gasteiger partial charge is 0.490 e. The van der Waals surface area contributed by atoms with Crippen LogP contribution in [-0.4, -0.2) is 30.4 Å². The van der Waals surface area contributed by atoms with Crippen LogP contribution in [0.25, 0.3) is 10.8 Å². The van der Waals surface area contributed by atoms with Gasteiger partial charge < -0.3 is 15.2 Å². The second-order valence-electron chi connectivity index (χ2n) is 5.01. The van der Waals surface area contributed by atoms with E-state index in [9.17, 15) is 5.11 Å². The molecule has 0 aromatic heterocycles. The Morgan fingerprint density at radius 3 is 2.74 bits per heavy atom. The van der Waals surface area contributed by atoms with Gasteiger partial charge in [0, 0.05) is 18.0 Å². The number of fused-ring (bicyclic) bond motifs is 1. The summed E-state index contributed by atoms with van der Waals surface area (Å²) >= 11 is 0. The van der Waals surface area contributed by atoms with Gasteiger partial charge >= 0.3 is 0 Å². The maximum Gasteiger partial charge on any atom is 0.127 e. The van der Waals surface area contributed by atoms with Crippen LogP contribution in [0.5, 0.6) is 5.75 Å². The highest BCUT2D eigenvalue weighted by atomic mass is 16.7. The van der Waals surface area contributed by atoms with E-state index in [1.807, 2.05) is 30.3 Å². The third-order valence-corrected chi connectivity index (χ3v) is 2.94. The molecule has 0 saturated carbocycles. The first-order valence-electron chi connectivity index (χ1n) is 6.69. The van der Waals surface area contributed by atoms with Crippen molar-refractivity contribution in [2.45, 2.75) is 26.0 Å². The van der Waals surface area contributed by atoms with Crippen molar-refractivity contribution in [1.29, 1.82) is 0 Å². The van der Waals surface area contributed by atoms with Crippen molar-refractivity contribution in [3.8, 4) is 5.75 Å². The Morgan fingerprint density at radius 1 is 1.21 bits per heavy atom. The van der Waals surface area contributed by atoms with Crippen LogP contribution >= 0.6 is 0 Å². The average Bonchev–Trinajstić information content (AvgIpc) is 2.42. The molecular formula is C16H21NO2. The van der Waals surface area contributed by atoms with E-state index in [0.717, 1.165) is 16.5 Å². The zero-order chi connectivity index (χ0) is 13.7. The van der Waals surface area contributed by atoms with Crippen LogP contribution in [0.2, 0.25) is 0 Å². The number of benzene rings is 2. The summed E-state index contributed by atoms with van der Waals surface area (Å²) in [6, 6.07) is 14.4. The van der Waals surface area contributed by atoms with Gasteiger partial charge in [0.15, 0.2) is 0 Å². The van der Waals surface area contributed by atoms with Crippen molar-refractivity contribution >= 4 is 10.8 Å². The highest BCUT2D eigenvalue weighted by molar-refractivity contribution is 5.88. The predicted octanol–water partition coefficient (Wildman–Crippen LogP) is 2.58. The zero-order valence-corrected chi connectivity index (χ0v) is 11.5. The molecule has 3 nitrogen and oxygen atoms in total. The number of ether oxygens (including phenoxy) is 1. The summed E-state index contributed by atoms with van der Waals surface area (Å²) in [5.41, 5.74) is 0. The highest BCUT2D eigenvalue weighted by Gasteiger charge is 2.07. The topological polar surface area (TPSA) is 41.5 Å². The van der Waals surface area contributed by atoms with Gasteiger partial charge in [-0.25, -0.2) is 0 Å². The van der Waals surface area contributed by atoms with E-state index in [1.54, 1.807) is 0 Å². The molecule has 0 aliphatic heterocycles. The van der Waals surface area contributed by atoms with E-state index in [4.69, 9.17) is 4.74 Å². The minimum Gasteiger partial charge on any atom is -0.490 e. The number of nitrogens with one attached hydrogen (secondary N) is 1. The molecule has 0 aliphatic carbocycles. The first-order valence-corrected chi connectivity index (χ1v) is 6.69. The van der Waals surface area contributed by atoms with Crippen LogP contribution in [0.4, 0.5) is 0 Å². The van der Waals surface area contributed by atoms with Gasteiger partial charge in [0.25, 0.3) is 0 Å². The molecule has 2 aromatic rings. The van der Waals surface area contributed by atoms with Crippen molar-refractivity contribution in [2.24, 2.45) is 0 Å². The van der Waals surface area contributed by atoms with Crippen LogP contribution in [0, 0.1) is 0 Å². The maximum atomic E-state index is 9.84. The van der Waals surface area contributed by atoms with Gasteiger partial charge in [0.05, 0.1) is 0 Å². The van der Waals surface area contributed by atoms with E-state index in [-0.39, 0.29) is 0 Å². The third-order valence-electron chi connectivity index (χ3n) is 2.94. The average molecular weight is 261 g/mol. The van der Waals surface area contributed by atoms with Crippen LogP contribution < -0.4 is 10.1 Å². The molecule has 0 amide bonds. The van der Waals surface area contributed by atoms with E-state index in [2.05, 4.69) is 31.3 Å². The standard InChI is InChI=1S/C16H21NO2/c1-12(2)17-10-14(18)11-19-16-9-5-7-13-6-3-4-8-15(13)16/h3-9,12,14,17-18H,10-11H2,1-2H3/i16+2. The summed E-state index contributed by atoms with van der Waals surface area (Å²) in [5.74, 6) is 0.821. The van der Waals surface area contributed by atoms with Gasteiger partial charge in [-0.1, -0.05) is 50.2 Å². The van der Waals surface area contributed by atoms with E-state index in [1.165, 1.54) is 0 Å². The SMILES string of the molecule is CC(C)NCC(O)CO[14c]1cccc2ccccc21. The minimum atomic E-state index is -0.499. The predicted molar refractivity (Wildman–Crippen MR) is 78.6 cm³/mol. The molecule has 0 aliphatic rings. The van der Waals surface area contributed by atoms with Gasteiger partial charge in [-0.15, -0.1) is 0 Å². The van der Waals surface area contributed by atoms with E-state index >= 15 is 0 Å². The Morgan fingerprint density at radius 2 is 1.95 bits per heavy atom. The van der Waals surface area contributed by atoms with Crippen molar-refractivity contribution in [1.82, 2.24) is 5.32 Å². The molecule has 1 atom stereocenters. The number of rotatable bonds is 6. The Balaban J connectivity index is 1.98. The number of aliphatic hydroxyl groups excluding tert-OH is 1. The quantitative estimate of drug-likeness (QED) is 0.839. The van der Waals surface area contributed by atoms with Crippen molar-refractivity contribution in [3.05, 3.63) is 42.5 Å². The Kier molecular flexibility index (Phi) is 4.77. The molecule has 0 bridgehead atoms. The lowest BCUT2D eigenvalue weighted by Crippen LogP contribution is -2.35. The molecule has 0 heterocycles. The summed E-state index contributed by atoms with van der Waals surface area (Å²) < 4.78 is 5.72. The minimum absolute atomic E-state index is 0.299. The molecule has 0 spiro atoms. The lowest BCUT2D eigenvalue weighted by atomic mass is 10.2. The van der Waals surface area contributed by atoms with Crippen LogP contribution in [0.15, 0.2) is 42.5 Å². The molecule has 0 radical (unpaired) electrons. The Bertz CT molecular complexity index is 520. The molecule has 2 rings (SSSR count). The van der Waals surface area contributed by atoms with E-state index in [0.29, 0.717) is 19.2 Å². The molecule has 1 unspecified atom stereocenters. The smallest absolute Gasteiger partial charge is 0.127 e. The lowest BCUT2D eigenvalue weighted by molar-refractivity contribution is 0.105. The molecule has 102 valence electrons. The van der Waals surface area contributed by atoms with Crippen LogP contribution in [0.1, 0.15) is 13.8 Å². The number of hydrogen-bond acceptors (Lipinski definition) is 3. The first-order chi connectivity index (χ1) is 9.16. The second-order valence-corrected chi connectivity index (χ2v) is 5.01. The van der Waals surface area contributed by atoms with Gasteiger partial charge in [-0.2, -0.15) is 0 Å². The van der Waals surface area contributed by atoms with Crippen molar-refractivity contribution in [3.63, 3.8) is 0 Å². The fourth-order valence-corrected chi connectivity index (χ4v) is 1.94. The van der Waals surface area contributed by atoms with Crippen molar-refractivity contribution in [2.75, 3.05) is 13.2 Å². The highest BCUT2D eigenvalue weighted by Crippen LogP contribution is 2.25. The molecule has 0 fully saturated rings. The van der Waals surface area contributed by atoms with E-state index < -0.39 is 6.10 Å². The van der Waals surface area contributed by atoms with Crippen molar-refractivity contribution < 1.29 is 9.84 Å². The fraction of sp³-hybridized carbons (Fsp3) is 0.375. The van der Waals surface area contributed by atoms with Gasteiger partial charge in [0.1, 0.15) is 18.5 Å². The fourth-order valence-electron chi connectivity index (χ4n) is 1.94. The normalized spacial score (nSPS) is 12.8. The summed E-state index contributed by atoms with van der Waals surface area (Å²) in [7, 11) is 0. The number of aliphatic hydroxyl groups is 1.